The van der Waals surface area contributed by atoms with Crippen molar-refractivity contribution < 1.29 is 9.32 Å². The molecule has 3 heterocycles. The number of rotatable bonds is 5. The Labute approximate surface area is 188 Å². The van der Waals surface area contributed by atoms with Gasteiger partial charge >= 0.3 is 11.1 Å². The van der Waals surface area contributed by atoms with Crippen LogP contribution in [0.15, 0.2) is 62.6 Å². The van der Waals surface area contributed by atoms with Crippen molar-refractivity contribution in [3.8, 4) is 11.4 Å². The van der Waals surface area contributed by atoms with Crippen LogP contribution in [0.4, 0.5) is 5.69 Å². The molecule has 0 saturated carbocycles. The Balaban J connectivity index is 1.45. The van der Waals surface area contributed by atoms with Crippen LogP contribution in [-0.2, 0) is 11.3 Å². The molecule has 1 aliphatic rings. The summed E-state index contributed by atoms with van der Waals surface area (Å²) in [6.45, 7) is 4.89. The van der Waals surface area contributed by atoms with Crippen LogP contribution in [-0.4, -0.2) is 32.1 Å². The lowest BCUT2D eigenvalue weighted by Gasteiger charge is -2.15. The molecule has 1 fully saturated rings. The second-order valence-corrected chi connectivity index (χ2v) is 8.69. The molecule has 2 aromatic carbocycles. The second kappa shape index (κ2) is 8.16. The molecule has 4 aromatic rings. The van der Waals surface area contributed by atoms with E-state index in [-0.39, 0.29) is 17.7 Å². The van der Waals surface area contributed by atoms with Crippen molar-refractivity contribution in [3.05, 3.63) is 75.1 Å². The van der Waals surface area contributed by atoms with Crippen LogP contribution in [0.1, 0.15) is 32.1 Å². The molecular weight excluding hydrogens is 422 g/mol. The summed E-state index contributed by atoms with van der Waals surface area (Å²) in [4.78, 5) is 45.9. The summed E-state index contributed by atoms with van der Waals surface area (Å²) in [5.41, 5.74) is 1.41. The van der Waals surface area contributed by atoms with Gasteiger partial charge in [-0.25, -0.2) is 0 Å². The Kier molecular flexibility index (Phi) is 5.16. The number of hydrogen-bond donors (Lipinski definition) is 1. The molecule has 0 radical (unpaired) electrons. The third kappa shape index (κ3) is 3.86. The Morgan fingerprint density at radius 1 is 1.12 bits per heavy atom. The quantitative estimate of drug-likeness (QED) is 0.473. The average molecular weight is 445 g/mol. The van der Waals surface area contributed by atoms with E-state index >= 15 is 0 Å². The topological polar surface area (TPSA) is 114 Å². The molecule has 1 saturated heterocycles. The highest BCUT2D eigenvalue weighted by Crippen LogP contribution is 2.32. The van der Waals surface area contributed by atoms with Crippen LogP contribution in [0.3, 0.4) is 0 Å². The molecule has 33 heavy (non-hydrogen) atoms. The lowest BCUT2D eigenvalue weighted by Crippen LogP contribution is -2.37. The van der Waals surface area contributed by atoms with Crippen molar-refractivity contribution in [1.82, 2.24) is 19.7 Å². The monoisotopic (exact) mass is 445 g/mol. The molecule has 0 aliphatic carbocycles. The van der Waals surface area contributed by atoms with Gasteiger partial charge in [-0.1, -0.05) is 37.2 Å². The minimum atomic E-state index is -0.667. The molecule has 0 spiro atoms. The molecule has 0 bridgehead atoms. The molecule has 1 N–H and O–H groups in total. The molecule has 2 aromatic heterocycles. The molecule has 1 amide bonds. The van der Waals surface area contributed by atoms with Gasteiger partial charge in [-0.15, -0.1) is 0 Å². The Morgan fingerprint density at radius 3 is 2.67 bits per heavy atom. The standard InChI is InChI=1S/C24H23N5O4/c1-14(2)12-29-19-9-8-15(10-18(19)25-22(31)24(29)32)21-26-23(33-27-21)16-11-20(30)28(13-16)17-6-4-3-5-7-17/h3-10,14,16H,11-13H2,1-2H3,(H,25,31). The molecule has 1 unspecified atom stereocenters. The minimum absolute atomic E-state index is 0.0114. The van der Waals surface area contributed by atoms with E-state index in [9.17, 15) is 14.4 Å². The summed E-state index contributed by atoms with van der Waals surface area (Å²) >= 11 is 0. The van der Waals surface area contributed by atoms with E-state index in [4.69, 9.17) is 4.52 Å². The molecule has 168 valence electrons. The fourth-order valence-electron chi connectivity index (χ4n) is 4.21. The molecule has 1 atom stereocenters. The fraction of sp³-hybridized carbons (Fsp3) is 0.292. The zero-order valence-electron chi connectivity index (χ0n) is 18.3. The first kappa shape index (κ1) is 20.9. The molecule has 9 heteroatoms. The van der Waals surface area contributed by atoms with Crippen LogP contribution in [0.5, 0.6) is 0 Å². The van der Waals surface area contributed by atoms with Crippen molar-refractivity contribution in [2.24, 2.45) is 5.92 Å². The van der Waals surface area contributed by atoms with Crippen molar-refractivity contribution in [3.63, 3.8) is 0 Å². The van der Waals surface area contributed by atoms with Gasteiger partial charge in [0.2, 0.25) is 17.6 Å². The van der Waals surface area contributed by atoms with E-state index in [1.807, 2.05) is 44.2 Å². The number of carbonyl (C=O) groups excluding carboxylic acids is 1. The SMILES string of the molecule is CC(C)Cn1c(=O)c(=O)[nH]c2cc(-c3noc(C4CC(=O)N(c5ccccc5)C4)n3)ccc21. The number of carbonyl (C=O) groups is 1. The number of aromatic amines is 1. The second-order valence-electron chi connectivity index (χ2n) is 8.69. The Bertz CT molecular complexity index is 1450. The molecule has 5 rings (SSSR count). The van der Waals surface area contributed by atoms with Crippen LogP contribution in [0.2, 0.25) is 0 Å². The summed E-state index contributed by atoms with van der Waals surface area (Å²) in [5.74, 6) is 0.777. The first-order chi connectivity index (χ1) is 15.9. The van der Waals surface area contributed by atoms with E-state index in [0.29, 0.717) is 47.8 Å². The average Bonchev–Trinajstić information content (AvgIpc) is 3.44. The van der Waals surface area contributed by atoms with E-state index in [2.05, 4.69) is 15.1 Å². The summed E-state index contributed by atoms with van der Waals surface area (Å²) in [6.07, 6.45) is 0.295. The van der Waals surface area contributed by atoms with E-state index in [1.165, 1.54) is 4.57 Å². The minimum Gasteiger partial charge on any atom is -0.339 e. The van der Waals surface area contributed by atoms with Crippen molar-refractivity contribution in [2.75, 3.05) is 11.4 Å². The third-order valence-electron chi connectivity index (χ3n) is 5.76. The lowest BCUT2D eigenvalue weighted by molar-refractivity contribution is -0.117. The molecule has 1 aliphatic heterocycles. The number of nitrogens with zero attached hydrogens (tertiary/aromatic N) is 4. The fourth-order valence-corrected chi connectivity index (χ4v) is 4.21. The summed E-state index contributed by atoms with van der Waals surface area (Å²) < 4.78 is 6.99. The highest BCUT2D eigenvalue weighted by Gasteiger charge is 2.35. The van der Waals surface area contributed by atoms with Gasteiger partial charge in [0.05, 0.1) is 17.0 Å². The number of H-pyrrole nitrogens is 1. The maximum absolute atomic E-state index is 12.5. The maximum Gasteiger partial charge on any atom is 0.316 e. The molecule has 9 nitrogen and oxygen atoms in total. The number of anilines is 1. The highest BCUT2D eigenvalue weighted by molar-refractivity contribution is 5.96. The summed E-state index contributed by atoms with van der Waals surface area (Å²) in [5, 5.41) is 4.09. The van der Waals surface area contributed by atoms with Crippen LogP contribution in [0, 0.1) is 5.92 Å². The van der Waals surface area contributed by atoms with Crippen LogP contribution < -0.4 is 16.0 Å². The largest absolute Gasteiger partial charge is 0.339 e. The van der Waals surface area contributed by atoms with Crippen LogP contribution in [0.25, 0.3) is 22.4 Å². The maximum atomic E-state index is 12.5. The number of hydrogen-bond acceptors (Lipinski definition) is 6. The normalized spacial score (nSPS) is 16.3. The van der Waals surface area contributed by atoms with Crippen molar-refractivity contribution in [1.29, 1.82) is 0 Å². The number of benzene rings is 2. The summed E-state index contributed by atoms with van der Waals surface area (Å²) in [7, 11) is 0. The Morgan fingerprint density at radius 2 is 1.91 bits per heavy atom. The predicted molar refractivity (Wildman–Crippen MR) is 123 cm³/mol. The van der Waals surface area contributed by atoms with Gasteiger partial charge in [0.25, 0.3) is 0 Å². The van der Waals surface area contributed by atoms with E-state index in [1.54, 1.807) is 23.1 Å². The van der Waals surface area contributed by atoms with Gasteiger partial charge in [0.15, 0.2) is 0 Å². The number of aromatic nitrogens is 4. The van der Waals surface area contributed by atoms with Gasteiger partial charge in [0, 0.05) is 30.8 Å². The zero-order valence-corrected chi connectivity index (χ0v) is 18.3. The smallest absolute Gasteiger partial charge is 0.316 e. The summed E-state index contributed by atoms with van der Waals surface area (Å²) in [6, 6.07) is 14.8. The van der Waals surface area contributed by atoms with Gasteiger partial charge in [-0.05, 0) is 36.2 Å². The van der Waals surface area contributed by atoms with Crippen molar-refractivity contribution >= 4 is 22.6 Å². The number of para-hydroxylation sites is 1. The van der Waals surface area contributed by atoms with Gasteiger partial charge in [-0.2, -0.15) is 4.98 Å². The van der Waals surface area contributed by atoms with E-state index < -0.39 is 11.1 Å². The number of nitrogens with one attached hydrogen (secondary N) is 1. The van der Waals surface area contributed by atoms with Gasteiger partial charge in [0.1, 0.15) is 0 Å². The first-order valence-electron chi connectivity index (χ1n) is 10.9. The Hall–Kier alpha value is -4.01. The number of amides is 1. The predicted octanol–water partition coefficient (Wildman–Crippen LogP) is 2.92. The van der Waals surface area contributed by atoms with E-state index in [0.717, 1.165) is 5.69 Å². The highest BCUT2D eigenvalue weighted by atomic mass is 16.5. The number of fused-ring (bicyclic) bond motifs is 1. The van der Waals surface area contributed by atoms with Gasteiger partial charge < -0.3 is 19.0 Å². The lowest BCUT2D eigenvalue weighted by atomic mass is 10.1. The third-order valence-corrected chi connectivity index (χ3v) is 5.76. The van der Waals surface area contributed by atoms with Gasteiger partial charge in [-0.3, -0.25) is 14.4 Å². The first-order valence-corrected chi connectivity index (χ1v) is 10.9. The zero-order chi connectivity index (χ0) is 23.1. The molecular formula is C24H23N5O4. The van der Waals surface area contributed by atoms with Crippen LogP contribution >= 0.6 is 0 Å². The van der Waals surface area contributed by atoms with Crippen molar-refractivity contribution in [2.45, 2.75) is 32.7 Å².